The van der Waals surface area contributed by atoms with Gasteiger partial charge in [0.1, 0.15) is 4.90 Å². The third kappa shape index (κ3) is 4.00. The molecule has 0 fully saturated rings. The van der Waals surface area contributed by atoms with Crippen molar-refractivity contribution in [3.8, 4) is 0 Å². The van der Waals surface area contributed by atoms with E-state index in [1.54, 1.807) is 0 Å². The highest BCUT2D eigenvalue weighted by atomic mass is 79.9. The van der Waals surface area contributed by atoms with Crippen LogP contribution >= 0.6 is 39.3 Å². The molecular formula is C11H15BrClFN2O2S2. The molecule has 20 heavy (non-hydrogen) atoms. The maximum absolute atomic E-state index is 14.0. The highest BCUT2D eigenvalue weighted by Gasteiger charge is 2.26. The van der Waals surface area contributed by atoms with Gasteiger partial charge >= 0.3 is 0 Å². The summed E-state index contributed by atoms with van der Waals surface area (Å²) in [7, 11) is -4.02. The topological polar surface area (TPSA) is 72.2 Å². The Balaban J connectivity index is 3.18. The number of benzene rings is 1. The Hall–Kier alpha value is -0.0200. The van der Waals surface area contributed by atoms with Crippen LogP contribution in [0.25, 0.3) is 0 Å². The van der Waals surface area contributed by atoms with Gasteiger partial charge in [-0.15, -0.1) is 0 Å². The number of thioether (sulfide) groups is 1. The molecule has 0 spiro atoms. The van der Waals surface area contributed by atoms with Crippen LogP contribution in [-0.2, 0) is 10.0 Å². The Morgan fingerprint density at radius 1 is 1.55 bits per heavy atom. The van der Waals surface area contributed by atoms with Crippen molar-refractivity contribution < 1.29 is 12.8 Å². The van der Waals surface area contributed by atoms with E-state index in [4.69, 9.17) is 17.3 Å². The summed E-state index contributed by atoms with van der Waals surface area (Å²) >= 11 is 10.3. The Morgan fingerprint density at radius 3 is 2.60 bits per heavy atom. The maximum Gasteiger partial charge on any atom is 0.243 e. The third-order valence-electron chi connectivity index (χ3n) is 2.69. The van der Waals surface area contributed by atoms with Crippen LogP contribution in [0, 0.1) is 5.82 Å². The average Bonchev–Trinajstić information content (AvgIpc) is 2.38. The van der Waals surface area contributed by atoms with E-state index in [9.17, 15) is 12.8 Å². The van der Waals surface area contributed by atoms with E-state index in [2.05, 4.69) is 20.7 Å². The summed E-state index contributed by atoms with van der Waals surface area (Å²) < 4.78 is 40.5. The molecular weight excluding hydrogens is 391 g/mol. The largest absolute Gasteiger partial charge is 0.395 e. The maximum atomic E-state index is 14.0. The smallest absolute Gasteiger partial charge is 0.243 e. The van der Waals surface area contributed by atoms with E-state index < -0.39 is 20.7 Å². The fraction of sp³-hybridized carbons (Fsp3) is 0.455. The summed E-state index contributed by atoms with van der Waals surface area (Å²) in [6.07, 6.45) is 1.86. The van der Waals surface area contributed by atoms with Crippen LogP contribution in [0.15, 0.2) is 15.4 Å². The highest BCUT2D eigenvalue weighted by Crippen LogP contribution is 2.34. The lowest BCUT2D eigenvalue weighted by Gasteiger charge is -2.22. The number of sulfonamides is 1. The normalized spacial score (nSPS) is 12.7. The van der Waals surface area contributed by atoms with Crippen LogP contribution in [0.4, 0.5) is 10.1 Å². The number of halogens is 3. The average molecular weight is 406 g/mol. The minimum absolute atomic E-state index is 0.0356. The molecule has 0 aliphatic carbocycles. The van der Waals surface area contributed by atoms with Crippen molar-refractivity contribution in [3.05, 3.63) is 21.4 Å². The summed E-state index contributed by atoms with van der Waals surface area (Å²) in [5, 5.41) is 0.0356. The van der Waals surface area contributed by atoms with Gasteiger partial charge in [0.15, 0.2) is 5.82 Å². The van der Waals surface area contributed by atoms with Crippen molar-refractivity contribution in [2.24, 2.45) is 0 Å². The van der Waals surface area contributed by atoms with E-state index in [0.717, 1.165) is 6.07 Å². The van der Waals surface area contributed by atoms with Gasteiger partial charge in [-0.1, -0.05) is 11.6 Å². The van der Waals surface area contributed by atoms with E-state index in [0.29, 0.717) is 0 Å². The number of hydrogen-bond donors (Lipinski definition) is 2. The zero-order valence-corrected chi connectivity index (χ0v) is 15.1. The lowest BCUT2D eigenvalue weighted by molar-refractivity contribution is 0.551. The Labute approximate surface area is 135 Å². The summed E-state index contributed by atoms with van der Waals surface area (Å²) in [4.78, 5) is -0.555. The van der Waals surface area contributed by atoms with E-state index in [-0.39, 0.29) is 26.5 Å². The van der Waals surface area contributed by atoms with Crippen LogP contribution in [-0.4, -0.2) is 26.0 Å². The molecule has 0 aliphatic heterocycles. The Kier molecular flexibility index (Phi) is 5.76. The molecule has 1 aromatic carbocycles. The van der Waals surface area contributed by atoms with Gasteiger partial charge in [0, 0.05) is 11.3 Å². The summed E-state index contributed by atoms with van der Waals surface area (Å²) in [6.45, 7) is 3.91. The highest BCUT2D eigenvalue weighted by molar-refractivity contribution is 9.10. The van der Waals surface area contributed by atoms with Crippen LogP contribution < -0.4 is 10.5 Å². The van der Waals surface area contributed by atoms with Crippen molar-refractivity contribution >= 4 is 55.0 Å². The summed E-state index contributed by atoms with van der Waals surface area (Å²) in [6, 6.07) is 1.03. The minimum atomic E-state index is -4.02. The van der Waals surface area contributed by atoms with E-state index in [1.165, 1.54) is 11.8 Å². The molecule has 1 aromatic rings. The summed E-state index contributed by atoms with van der Waals surface area (Å²) in [5.74, 6) is -1.02. The van der Waals surface area contributed by atoms with Gasteiger partial charge < -0.3 is 5.73 Å². The Morgan fingerprint density at radius 2 is 2.10 bits per heavy atom. The standard InChI is InChI=1S/C11H15BrClFN2O2S2/c1-11(2,19-3)5-16-20(17,18)7-4-6(13)8(12)10(15)9(7)14/h4,16H,5,15H2,1-3H3. The Bertz CT molecular complexity index is 623. The fourth-order valence-corrected chi connectivity index (χ4v) is 3.41. The quantitative estimate of drug-likeness (QED) is 0.582. The number of hydrogen-bond acceptors (Lipinski definition) is 4. The van der Waals surface area contributed by atoms with Crippen LogP contribution in [0.5, 0.6) is 0 Å². The van der Waals surface area contributed by atoms with Gasteiger partial charge in [-0.3, -0.25) is 0 Å². The molecule has 0 atom stereocenters. The van der Waals surface area contributed by atoms with Crippen molar-refractivity contribution in [3.63, 3.8) is 0 Å². The van der Waals surface area contributed by atoms with Gasteiger partial charge in [-0.2, -0.15) is 11.8 Å². The first kappa shape index (κ1) is 18.0. The molecule has 0 bridgehead atoms. The van der Waals surface area contributed by atoms with Crippen LogP contribution in [0.3, 0.4) is 0 Å². The minimum Gasteiger partial charge on any atom is -0.395 e. The lowest BCUT2D eigenvalue weighted by atomic mass is 10.2. The molecule has 0 unspecified atom stereocenters. The number of nitrogens with two attached hydrogens (primary N) is 1. The second-order valence-electron chi connectivity index (χ2n) is 4.69. The van der Waals surface area contributed by atoms with Gasteiger partial charge in [-0.25, -0.2) is 17.5 Å². The second kappa shape index (κ2) is 6.39. The molecule has 114 valence electrons. The van der Waals surface area contributed by atoms with Gasteiger partial charge in [-0.05, 0) is 42.1 Å². The monoisotopic (exact) mass is 404 g/mol. The number of anilines is 1. The van der Waals surface area contributed by atoms with Crippen LogP contribution in [0.1, 0.15) is 13.8 Å². The predicted molar refractivity (Wildman–Crippen MR) is 86.3 cm³/mol. The molecule has 1 rings (SSSR count). The number of rotatable bonds is 5. The van der Waals surface area contributed by atoms with Crippen molar-refractivity contribution in [1.82, 2.24) is 4.72 Å². The molecule has 0 aliphatic rings. The molecule has 0 radical (unpaired) electrons. The first-order valence-corrected chi connectivity index (χ1v) is 9.37. The van der Waals surface area contributed by atoms with E-state index in [1.807, 2.05) is 20.1 Å². The summed E-state index contributed by atoms with van der Waals surface area (Å²) in [5.41, 5.74) is 5.15. The first-order chi connectivity index (χ1) is 9.02. The first-order valence-electron chi connectivity index (χ1n) is 5.49. The van der Waals surface area contributed by atoms with Gasteiger partial charge in [0.05, 0.1) is 15.2 Å². The fourth-order valence-electron chi connectivity index (χ4n) is 1.21. The number of nitrogens with one attached hydrogen (secondary N) is 1. The van der Waals surface area contributed by atoms with Crippen molar-refractivity contribution in [1.29, 1.82) is 0 Å². The van der Waals surface area contributed by atoms with Gasteiger partial charge in [0.2, 0.25) is 10.0 Å². The number of nitrogen functional groups attached to an aromatic ring is 1. The molecule has 0 saturated carbocycles. The van der Waals surface area contributed by atoms with Gasteiger partial charge in [0.25, 0.3) is 0 Å². The van der Waals surface area contributed by atoms with E-state index >= 15 is 0 Å². The molecule has 9 heteroatoms. The third-order valence-corrected chi connectivity index (χ3v) is 6.72. The molecule has 4 nitrogen and oxygen atoms in total. The van der Waals surface area contributed by atoms with Crippen molar-refractivity contribution in [2.75, 3.05) is 18.5 Å². The molecule has 3 N–H and O–H groups in total. The SMILES string of the molecule is CSC(C)(C)CNS(=O)(=O)c1cc(Cl)c(Br)c(N)c1F. The zero-order chi connectivity index (χ0) is 15.7. The molecule has 0 saturated heterocycles. The zero-order valence-electron chi connectivity index (χ0n) is 11.1. The van der Waals surface area contributed by atoms with Crippen LogP contribution in [0.2, 0.25) is 5.02 Å². The molecule has 0 amide bonds. The van der Waals surface area contributed by atoms with Crippen molar-refractivity contribution in [2.45, 2.75) is 23.5 Å². The molecule has 0 aromatic heterocycles. The molecule has 0 heterocycles. The second-order valence-corrected chi connectivity index (χ2v) is 9.14. The lowest BCUT2D eigenvalue weighted by Crippen LogP contribution is -2.36. The predicted octanol–water partition coefficient (Wildman–Crippen LogP) is 3.24.